The lowest BCUT2D eigenvalue weighted by Crippen LogP contribution is -2.17. The van der Waals surface area contributed by atoms with Crippen LogP contribution in [0.2, 0.25) is 0 Å². The first-order valence-electron chi connectivity index (χ1n) is 5.89. The summed E-state index contributed by atoms with van der Waals surface area (Å²) in [6, 6.07) is 0. The van der Waals surface area contributed by atoms with Gasteiger partial charge in [0.15, 0.2) is 0 Å². The van der Waals surface area contributed by atoms with Gasteiger partial charge in [-0.15, -0.1) is 13.2 Å². The highest BCUT2D eigenvalue weighted by Gasteiger charge is 2.19. The minimum absolute atomic E-state index is 0.579. The fourth-order valence-electron chi connectivity index (χ4n) is 1.95. The van der Waals surface area contributed by atoms with Gasteiger partial charge in [0.25, 0.3) is 0 Å². The average Bonchev–Trinajstić information content (AvgIpc) is 2.17. The number of hydrogen-bond donors (Lipinski definition) is 0. The van der Waals surface area contributed by atoms with E-state index in [0.29, 0.717) is 17.8 Å². The first kappa shape index (κ1) is 14.2. The lowest BCUT2D eigenvalue weighted by molar-refractivity contribution is 0.297. The lowest BCUT2D eigenvalue weighted by atomic mass is 9.79. The molecule has 0 saturated carbocycles. The zero-order valence-electron chi connectivity index (χ0n) is 10.8. The maximum absolute atomic E-state index is 3.90. The highest BCUT2D eigenvalue weighted by molar-refractivity contribution is 4.97. The smallest absolute Gasteiger partial charge is 0.0231 e. The van der Waals surface area contributed by atoms with Crippen molar-refractivity contribution in [2.75, 3.05) is 0 Å². The van der Waals surface area contributed by atoms with E-state index in [0.717, 1.165) is 12.8 Å². The Hall–Kier alpha value is -0.780. The second-order valence-corrected chi connectivity index (χ2v) is 4.78. The minimum atomic E-state index is 0.579. The van der Waals surface area contributed by atoms with Crippen LogP contribution in [0.15, 0.2) is 37.0 Å². The van der Waals surface area contributed by atoms with E-state index in [1.54, 1.807) is 0 Å². The van der Waals surface area contributed by atoms with Crippen LogP contribution in [0, 0.1) is 17.8 Å². The highest BCUT2D eigenvalue weighted by Crippen LogP contribution is 2.28. The zero-order chi connectivity index (χ0) is 11.8. The van der Waals surface area contributed by atoms with Crippen LogP contribution in [-0.4, -0.2) is 0 Å². The molecule has 0 aromatic carbocycles. The number of allylic oxidation sites excluding steroid dienone is 4. The zero-order valence-corrected chi connectivity index (χ0v) is 10.8. The molecule has 3 unspecified atom stereocenters. The third-order valence-electron chi connectivity index (χ3n) is 3.11. The molecule has 15 heavy (non-hydrogen) atoms. The van der Waals surface area contributed by atoms with Gasteiger partial charge >= 0.3 is 0 Å². The first-order valence-corrected chi connectivity index (χ1v) is 5.89. The Balaban J connectivity index is 4.49. The highest BCUT2D eigenvalue weighted by atomic mass is 14.2. The van der Waals surface area contributed by atoms with Gasteiger partial charge in [-0.3, -0.25) is 0 Å². The summed E-state index contributed by atoms with van der Waals surface area (Å²) in [5.41, 5.74) is 1.40. The molecule has 0 radical (unpaired) electrons. The summed E-state index contributed by atoms with van der Waals surface area (Å²) >= 11 is 0. The van der Waals surface area contributed by atoms with Crippen molar-refractivity contribution in [1.82, 2.24) is 0 Å². The third-order valence-corrected chi connectivity index (χ3v) is 3.11. The molecule has 0 aliphatic rings. The van der Waals surface area contributed by atoms with E-state index in [1.807, 2.05) is 6.08 Å². The molecule has 0 heteroatoms. The van der Waals surface area contributed by atoms with Crippen LogP contribution in [0.1, 0.15) is 40.5 Å². The number of rotatable bonds is 7. The Kier molecular flexibility index (Phi) is 7.11. The Morgan fingerprint density at radius 1 is 1.13 bits per heavy atom. The molecule has 0 saturated heterocycles. The standard InChI is InChI=1S/C15H26/c1-7-9-14(6)15(13(5)8-2)11-10-12(3)4/h7-8,10,13-15H,1-2,9,11H2,3-6H3. The normalized spacial score (nSPS) is 16.3. The van der Waals surface area contributed by atoms with Crippen LogP contribution in [-0.2, 0) is 0 Å². The fraction of sp³-hybridized carbons (Fsp3) is 0.600. The summed E-state index contributed by atoms with van der Waals surface area (Å²) in [6.45, 7) is 16.6. The van der Waals surface area contributed by atoms with Crippen LogP contribution < -0.4 is 0 Å². The summed E-state index contributed by atoms with van der Waals surface area (Å²) in [5, 5.41) is 0. The van der Waals surface area contributed by atoms with Gasteiger partial charge in [-0.25, -0.2) is 0 Å². The van der Waals surface area contributed by atoms with Gasteiger partial charge in [0.05, 0.1) is 0 Å². The van der Waals surface area contributed by atoms with Crippen LogP contribution in [0.4, 0.5) is 0 Å². The van der Waals surface area contributed by atoms with Crippen molar-refractivity contribution in [3.63, 3.8) is 0 Å². The molecule has 0 aromatic heterocycles. The predicted octanol–water partition coefficient (Wildman–Crippen LogP) is 4.99. The molecule has 3 atom stereocenters. The predicted molar refractivity (Wildman–Crippen MR) is 70.9 cm³/mol. The number of hydrogen-bond acceptors (Lipinski definition) is 0. The summed E-state index contributed by atoms with van der Waals surface area (Å²) in [4.78, 5) is 0. The van der Waals surface area contributed by atoms with Gasteiger partial charge in [0.1, 0.15) is 0 Å². The molecule has 0 heterocycles. The van der Waals surface area contributed by atoms with E-state index in [1.165, 1.54) is 5.57 Å². The quantitative estimate of drug-likeness (QED) is 0.515. The van der Waals surface area contributed by atoms with E-state index < -0.39 is 0 Å². The average molecular weight is 206 g/mol. The topological polar surface area (TPSA) is 0 Å². The maximum Gasteiger partial charge on any atom is -0.0231 e. The second kappa shape index (κ2) is 7.50. The minimum Gasteiger partial charge on any atom is -0.103 e. The monoisotopic (exact) mass is 206 g/mol. The van der Waals surface area contributed by atoms with Crippen molar-refractivity contribution in [3.05, 3.63) is 37.0 Å². The Morgan fingerprint density at radius 3 is 2.13 bits per heavy atom. The van der Waals surface area contributed by atoms with Crippen LogP contribution >= 0.6 is 0 Å². The second-order valence-electron chi connectivity index (χ2n) is 4.78. The Bertz CT molecular complexity index is 218. The van der Waals surface area contributed by atoms with Crippen molar-refractivity contribution in [1.29, 1.82) is 0 Å². The molecule has 0 nitrogen and oxygen atoms in total. The molecular weight excluding hydrogens is 180 g/mol. The van der Waals surface area contributed by atoms with Gasteiger partial charge in [-0.2, -0.15) is 0 Å². The maximum atomic E-state index is 3.90. The fourth-order valence-corrected chi connectivity index (χ4v) is 1.95. The van der Waals surface area contributed by atoms with Crippen LogP contribution in [0.25, 0.3) is 0 Å². The molecule has 0 rings (SSSR count). The van der Waals surface area contributed by atoms with E-state index in [2.05, 4.69) is 53.0 Å². The molecule has 0 fully saturated rings. The summed E-state index contributed by atoms with van der Waals surface area (Å²) < 4.78 is 0. The largest absolute Gasteiger partial charge is 0.103 e. The van der Waals surface area contributed by atoms with Gasteiger partial charge in [-0.05, 0) is 44.4 Å². The molecule has 0 aromatic rings. The Labute approximate surface area is 95.8 Å². The van der Waals surface area contributed by atoms with E-state index >= 15 is 0 Å². The Morgan fingerprint density at radius 2 is 1.73 bits per heavy atom. The van der Waals surface area contributed by atoms with Crippen LogP contribution in [0.5, 0.6) is 0 Å². The van der Waals surface area contributed by atoms with Gasteiger partial charge in [0.2, 0.25) is 0 Å². The van der Waals surface area contributed by atoms with E-state index in [4.69, 9.17) is 0 Å². The molecule has 0 aliphatic heterocycles. The SMILES string of the molecule is C=CCC(C)C(CC=C(C)C)C(C)C=C. The van der Waals surface area contributed by atoms with E-state index in [9.17, 15) is 0 Å². The van der Waals surface area contributed by atoms with E-state index in [-0.39, 0.29) is 0 Å². The van der Waals surface area contributed by atoms with Crippen molar-refractivity contribution in [3.8, 4) is 0 Å². The van der Waals surface area contributed by atoms with Gasteiger partial charge < -0.3 is 0 Å². The molecule has 0 aliphatic carbocycles. The molecule has 0 N–H and O–H groups in total. The lowest BCUT2D eigenvalue weighted by Gasteiger charge is -2.26. The van der Waals surface area contributed by atoms with Crippen molar-refractivity contribution >= 4 is 0 Å². The van der Waals surface area contributed by atoms with Gasteiger partial charge in [0, 0.05) is 0 Å². The summed E-state index contributed by atoms with van der Waals surface area (Å²) in [7, 11) is 0. The van der Waals surface area contributed by atoms with Gasteiger partial charge in [-0.1, -0.05) is 37.6 Å². The van der Waals surface area contributed by atoms with Crippen molar-refractivity contribution < 1.29 is 0 Å². The van der Waals surface area contributed by atoms with Crippen molar-refractivity contribution in [2.24, 2.45) is 17.8 Å². The summed E-state index contributed by atoms with van der Waals surface area (Å²) in [5.74, 6) is 1.96. The summed E-state index contributed by atoms with van der Waals surface area (Å²) in [6.07, 6.45) is 8.69. The molecular formula is C15H26. The van der Waals surface area contributed by atoms with Crippen LogP contribution in [0.3, 0.4) is 0 Å². The molecule has 86 valence electrons. The molecule has 0 amide bonds. The molecule has 0 spiro atoms. The molecule has 0 bridgehead atoms. The third kappa shape index (κ3) is 5.61. The first-order chi connectivity index (χ1) is 7.02. The van der Waals surface area contributed by atoms with Crippen molar-refractivity contribution in [2.45, 2.75) is 40.5 Å².